The van der Waals surface area contributed by atoms with Gasteiger partial charge in [0.2, 0.25) is 0 Å². The summed E-state index contributed by atoms with van der Waals surface area (Å²) in [6, 6.07) is 10.3. The topological polar surface area (TPSA) is 69.4 Å². The molecule has 0 saturated heterocycles. The summed E-state index contributed by atoms with van der Waals surface area (Å²) in [5, 5.41) is 10.8. The molecule has 0 amide bonds. The van der Waals surface area contributed by atoms with Crippen LogP contribution in [0, 0.1) is 0 Å². The molecule has 0 fully saturated rings. The Hall–Kier alpha value is -2.21. The molecule has 19 heavy (non-hydrogen) atoms. The van der Waals surface area contributed by atoms with Gasteiger partial charge in [0.05, 0.1) is 0 Å². The number of hydrogen-bond donors (Lipinski definition) is 3. The van der Waals surface area contributed by atoms with Gasteiger partial charge in [-0.05, 0) is 35.9 Å². The van der Waals surface area contributed by atoms with Crippen molar-refractivity contribution in [3.8, 4) is 0 Å². The van der Waals surface area contributed by atoms with Gasteiger partial charge in [0, 0.05) is 29.5 Å². The van der Waals surface area contributed by atoms with Gasteiger partial charge < -0.3 is 10.3 Å². The largest absolute Gasteiger partial charge is 0.381 e. The van der Waals surface area contributed by atoms with E-state index in [1.54, 1.807) is 11.8 Å². The van der Waals surface area contributed by atoms with E-state index in [0.717, 1.165) is 22.3 Å². The molecule has 3 rings (SSSR count). The van der Waals surface area contributed by atoms with Crippen molar-refractivity contribution in [1.82, 2.24) is 20.2 Å². The Balaban J connectivity index is 1.59. The number of aromatic amines is 2. The van der Waals surface area contributed by atoms with E-state index in [-0.39, 0.29) is 0 Å². The molecule has 0 spiro atoms. The van der Waals surface area contributed by atoms with Crippen LogP contribution in [0.25, 0.3) is 0 Å². The maximum Gasteiger partial charge on any atom is 0.188 e. The van der Waals surface area contributed by atoms with Gasteiger partial charge in [0.25, 0.3) is 0 Å². The van der Waals surface area contributed by atoms with Crippen LogP contribution in [0.4, 0.5) is 5.69 Å². The highest BCUT2D eigenvalue weighted by Gasteiger charge is 2.00. The van der Waals surface area contributed by atoms with Crippen LogP contribution >= 0.6 is 11.8 Å². The van der Waals surface area contributed by atoms with Gasteiger partial charge in [-0.25, -0.2) is 4.98 Å². The number of nitrogens with zero attached hydrogens (tertiary/aromatic N) is 2. The van der Waals surface area contributed by atoms with Crippen LogP contribution in [-0.2, 0) is 6.54 Å². The molecular formula is C13H13N5S. The highest BCUT2D eigenvalue weighted by atomic mass is 32.2. The van der Waals surface area contributed by atoms with E-state index in [0.29, 0.717) is 0 Å². The lowest BCUT2D eigenvalue weighted by atomic mass is 10.3. The fraction of sp³-hybridized carbons (Fsp3) is 0.0769. The quantitative estimate of drug-likeness (QED) is 0.667. The first-order valence-corrected chi connectivity index (χ1v) is 6.70. The second-order valence-corrected chi connectivity index (χ2v) is 5.05. The number of H-pyrrole nitrogens is 2. The van der Waals surface area contributed by atoms with Gasteiger partial charge in [0.15, 0.2) is 5.16 Å². The van der Waals surface area contributed by atoms with Crippen molar-refractivity contribution in [2.45, 2.75) is 16.6 Å². The molecule has 2 heterocycles. The highest BCUT2D eigenvalue weighted by molar-refractivity contribution is 7.99. The molecule has 0 aliphatic heterocycles. The molecule has 6 heteroatoms. The minimum absolute atomic E-state index is 0.799. The summed E-state index contributed by atoms with van der Waals surface area (Å²) in [6.07, 6.45) is 5.42. The van der Waals surface area contributed by atoms with Gasteiger partial charge in [-0.15, -0.1) is 0 Å². The minimum atomic E-state index is 0.799. The van der Waals surface area contributed by atoms with Crippen LogP contribution in [-0.4, -0.2) is 20.2 Å². The normalized spacial score (nSPS) is 10.5. The highest BCUT2D eigenvalue weighted by Crippen LogP contribution is 2.25. The van der Waals surface area contributed by atoms with Crippen molar-refractivity contribution in [2.24, 2.45) is 0 Å². The molecule has 2 aromatic heterocycles. The Bertz CT molecular complexity index is 601. The summed E-state index contributed by atoms with van der Waals surface area (Å²) in [5.41, 5.74) is 2.34. The number of anilines is 1. The third kappa shape index (κ3) is 3.17. The zero-order chi connectivity index (χ0) is 12.9. The third-order valence-corrected chi connectivity index (χ3v) is 3.52. The standard InChI is InChI=1S/C13H13N5S/c1-3-12(19-13-16-9-17-18-13)4-2-11(1)15-8-10-5-6-14-7-10/h1-7,9,14-15H,8H2,(H,16,17,18). The van der Waals surface area contributed by atoms with Crippen molar-refractivity contribution in [3.63, 3.8) is 0 Å². The summed E-state index contributed by atoms with van der Waals surface area (Å²) in [5.74, 6) is 0. The molecule has 0 saturated carbocycles. The second kappa shape index (κ2) is 5.62. The predicted octanol–water partition coefficient (Wildman–Crippen LogP) is 2.90. The van der Waals surface area contributed by atoms with Crippen LogP contribution in [0.2, 0.25) is 0 Å². The van der Waals surface area contributed by atoms with E-state index in [1.807, 2.05) is 12.4 Å². The van der Waals surface area contributed by atoms with E-state index < -0.39 is 0 Å². The first-order valence-electron chi connectivity index (χ1n) is 5.89. The fourth-order valence-corrected chi connectivity index (χ4v) is 2.36. The zero-order valence-electron chi connectivity index (χ0n) is 10.1. The average molecular weight is 271 g/mol. The molecule has 0 aliphatic carbocycles. The molecule has 0 atom stereocenters. The van der Waals surface area contributed by atoms with Gasteiger partial charge >= 0.3 is 0 Å². The van der Waals surface area contributed by atoms with Crippen LogP contribution in [0.5, 0.6) is 0 Å². The Morgan fingerprint density at radius 3 is 2.74 bits per heavy atom. The van der Waals surface area contributed by atoms with E-state index >= 15 is 0 Å². The van der Waals surface area contributed by atoms with E-state index in [1.165, 1.54) is 11.9 Å². The predicted molar refractivity (Wildman–Crippen MR) is 75.1 cm³/mol. The maximum atomic E-state index is 4.08. The Morgan fingerprint density at radius 2 is 2.05 bits per heavy atom. The SMILES string of the molecule is c1n[nH]c(Sc2ccc(NCc3cc[nH]c3)cc2)n1. The molecule has 0 bridgehead atoms. The molecule has 96 valence electrons. The zero-order valence-corrected chi connectivity index (χ0v) is 10.9. The van der Waals surface area contributed by atoms with Crippen molar-refractivity contribution in [2.75, 3.05) is 5.32 Å². The van der Waals surface area contributed by atoms with Crippen LogP contribution < -0.4 is 5.32 Å². The molecule has 3 N–H and O–H groups in total. The van der Waals surface area contributed by atoms with Crippen molar-refractivity contribution in [3.05, 3.63) is 54.6 Å². The van der Waals surface area contributed by atoms with Crippen molar-refractivity contribution >= 4 is 17.4 Å². The summed E-state index contributed by atoms with van der Waals surface area (Å²) < 4.78 is 0. The smallest absolute Gasteiger partial charge is 0.188 e. The van der Waals surface area contributed by atoms with Gasteiger partial charge in [-0.2, -0.15) is 5.10 Å². The first-order chi connectivity index (χ1) is 9.40. The lowest BCUT2D eigenvalue weighted by molar-refractivity contribution is 0.973. The Labute approximate surface area is 114 Å². The molecule has 0 unspecified atom stereocenters. The average Bonchev–Trinajstić information content (AvgIpc) is 3.11. The lowest BCUT2D eigenvalue weighted by Crippen LogP contribution is -1.97. The number of hydrogen-bond acceptors (Lipinski definition) is 4. The van der Waals surface area contributed by atoms with Crippen molar-refractivity contribution < 1.29 is 0 Å². The Morgan fingerprint density at radius 1 is 1.16 bits per heavy atom. The van der Waals surface area contributed by atoms with Crippen LogP contribution in [0.3, 0.4) is 0 Å². The summed E-state index contributed by atoms with van der Waals surface area (Å²) in [7, 11) is 0. The fourth-order valence-electron chi connectivity index (χ4n) is 1.67. The van der Waals surface area contributed by atoms with E-state index in [9.17, 15) is 0 Å². The first kappa shape index (κ1) is 11.9. The molecule has 0 aliphatic rings. The van der Waals surface area contributed by atoms with E-state index in [2.05, 4.69) is 55.8 Å². The second-order valence-electron chi connectivity index (χ2n) is 3.99. The van der Waals surface area contributed by atoms with E-state index in [4.69, 9.17) is 0 Å². The van der Waals surface area contributed by atoms with Crippen LogP contribution in [0.1, 0.15) is 5.56 Å². The van der Waals surface area contributed by atoms with Crippen LogP contribution in [0.15, 0.2) is 59.1 Å². The lowest BCUT2D eigenvalue weighted by Gasteiger charge is -2.05. The molecule has 0 radical (unpaired) electrons. The van der Waals surface area contributed by atoms with Gasteiger partial charge in [-0.1, -0.05) is 11.8 Å². The molecule has 1 aromatic carbocycles. The number of nitrogens with one attached hydrogen (secondary N) is 3. The Kier molecular flexibility index (Phi) is 3.51. The number of rotatable bonds is 5. The van der Waals surface area contributed by atoms with Gasteiger partial charge in [0.1, 0.15) is 6.33 Å². The summed E-state index contributed by atoms with van der Waals surface area (Å²) >= 11 is 1.56. The minimum Gasteiger partial charge on any atom is -0.381 e. The third-order valence-electron chi connectivity index (χ3n) is 2.62. The van der Waals surface area contributed by atoms with Crippen molar-refractivity contribution in [1.29, 1.82) is 0 Å². The summed E-state index contributed by atoms with van der Waals surface area (Å²) in [6.45, 7) is 0.818. The summed E-state index contributed by atoms with van der Waals surface area (Å²) in [4.78, 5) is 8.25. The molecule has 3 aromatic rings. The number of benzene rings is 1. The van der Waals surface area contributed by atoms with Gasteiger partial charge in [-0.3, -0.25) is 5.10 Å². The number of aromatic nitrogens is 4. The molecular weight excluding hydrogens is 258 g/mol. The molecule has 5 nitrogen and oxygen atoms in total. The maximum absolute atomic E-state index is 4.08. The monoisotopic (exact) mass is 271 g/mol.